The lowest BCUT2D eigenvalue weighted by atomic mass is 9.84. The molecule has 1 aromatic heterocycles. The van der Waals surface area contributed by atoms with E-state index < -0.39 is 38.3 Å². The smallest absolute Gasteiger partial charge is 0.267 e. The zero-order valence-corrected chi connectivity index (χ0v) is 29.0. The van der Waals surface area contributed by atoms with E-state index in [1.165, 1.54) is 25.2 Å². The normalized spacial score (nSPS) is 12.2. The van der Waals surface area contributed by atoms with E-state index in [4.69, 9.17) is 32.9 Å². The molecule has 0 N–H and O–H groups in total. The van der Waals surface area contributed by atoms with Crippen LogP contribution < -0.4 is 4.74 Å². The van der Waals surface area contributed by atoms with Crippen molar-refractivity contribution in [1.82, 2.24) is 9.29 Å². The van der Waals surface area contributed by atoms with E-state index in [0.717, 1.165) is 0 Å². The third kappa shape index (κ3) is 7.51. The molecule has 0 saturated carbocycles. The predicted octanol–water partition coefficient (Wildman–Crippen LogP) is 9.07. The van der Waals surface area contributed by atoms with Crippen molar-refractivity contribution in [1.29, 1.82) is 0 Å². The van der Waals surface area contributed by atoms with Crippen LogP contribution in [-0.2, 0) is 26.6 Å². The average molecular weight is 672 g/mol. The van der Waals surface area contributed by atoms with E-state index in [9.17, 15) is 13.2 Å². The largest absolute Gasteiger partial charge is 0.497 e. The number of halogens is 3. The molecule has 0 saturated heterocycles. The molecule has 10 heteroatoms. The molecule has 4 rings (SSSR count). The first kappa shape index (κ1) is 34.4. The zero-order valence-electron chi connectivity index (χ0n) is 26.6. The summed E-state index contributed by atoms with van der Waals surface area (Å²) in [6, 6.07) is 17.9. The molecule has 3 aromatic carbocycles. The van der Waals surface area contributed by atoms with Crippen molar-refractivity contribution in [2.45, 2.75) is 58.1 Å². The van der Waals surface area contributed by atoms with Gasteiger partial charge in [-0.05, 0) is 65.1 Å². The molecule has 0 aliphatic carbocycles. The number of sulfonamides is 1. The number of ether oxygens (including phenoxy) is 1. The Morgan fingerprint density at radius 2 is 1.51 bits per heavy atom. The molecule has 4 aromatic rings. The van der Waals surface area contributed by atoms with Crippen LogP contribution in [0, 0.1) is 5.82 Å². The molecule has 0 bridgehead atoms. The van der Waals surface area contributed by atoms with Crippen LogP contribution in [0.3, 0.4) is 0 Å². The molecule has 0 fully saturated rings. The summed E-state index contributed by atoms with van der Waals surface area (Å²) in [6.07, 6.45) is 0. The van der Waals surface area contributed by atoms with Crippen LogP contribution in [0.2, 0.25) is 10.0 Å². The summed E-state index contributed by atoms with van der Waals surface area (Å²) in [5.74, 6) is -1.12. The van der Waals surface area contributed by atoms with Crippen LogP contribution in [0.15, 0.2) is 66.7 Å². The summed E-state index contributed by atoms with van der Waals surface area (Å²) in [7, 11) is -1.43. The summed E-state index contributed by atoms with van der Waals surface area (Å²) >= 11 is 13.0. The van der Waals surface area contributed by atoms with Crippen LogP contribution >= 0.6 is 23.2 Å². The van der Waals surface area contributed by atoms with E-state index >= 15 is 4.39 Å². The second kappa shape index (κ2) is 12.7. The second-order valence-corrected chi connectivity index (χ2v) is 15.8. The maximum absolute atomic E-state index is 15.6. The van der Waals surface area contributed by atoms with Gasteiger partial charge in [-0.1, -0.05) is 82.9 Å². The zero-order chi connectivity index (χ0) is 33.5. The van der Waals surface area contributed by atoms with Crippen molar-refractivity contribution < 1.29 is 22.3 Å². The molecule has 0 spiro atoms. The van der Waals surface area contributed by atoms with E-state index in [1.54, 1.807) is 55.6 Å². The van der Waals surface area contributed by atoms with Crippen molar-refractivity contribution in [3.8, 4) is 28.1 Å². The van der Waals surface area contributed by atoms with E-state index in [1.807, 2.05) is 41.5 Å². The van der Waals surface area contributed by atoms with Crippen molar-refractivity contribution in [3.05, 3.63) is 105 Å². The van der Waals surface area contributed by atoms with Crippen molar-refractivity contribution in [3.63, 3.8) is 0 Å². The summed E-state index contributed by atoms with van der Waals surface area (Å²) in [5.41, 5.74) is 2.33. The Balaban J connectivity index is 1.71. The van der Waals surface area contributed by atoms with E-state index in [0.29, 0.717) is 48.7 Å². The van der Waals surface area contributed by atoms with Gasteiger partial charge in [0, 0.05) is 45.4 Å². The minimum atomic E-state index is -4.18. The van der Waals surface area contributed by atoms with Gasteiger partial charge in [-0.2, -0.15) is 0 Å². The number of amides is 1. The van der Waals surface area contributed by atoms with Gasteiger partial charge in [0.05, 0.1) is 23.6 Å². The van der Waals surface area contributed by atoms with E-state index in [2.05, 4.69) is 0 Å². The molecular weight excluding hydrogens is 634 g/mol. The number of aromatic nitrogens is 1. The minimum Gasteiger partial charge on any atom is -0.497 e. The number of carbonyl (C=O) groups is 1. The number of benzene rings is 3. The molecule has 0 radical (unpaired) electrons. The number of methoxy groups -OCH3 is 1. The molecule has 0 aliphatic rings. The fourth-order valence-corrected chi connectivity index (χ4v) is 6.39. The van der Waals surface area contributed by atoms with Crippen molar-refractivity contribution in [2.24, 2.45) is 0 Å². The van der Waals surface area contributed by atoms with Gasteiger partial charge in [-0.15, -0.1) is 0 Å². The fraction of sp³-hybridized carbons (Fsp3) is 0.314. The first-order chi connectivity index (χ1) is 20.8. The lowest BCUT2D eigenvalue weighted by Gasteiger charge is -2.22. The number of hydrogen-bond donors (Lipinski definition) is 0. The standard InChI is InChI=1S/C35H37Cl2FN2O4S/c1-34(2,3)27-11-9-10-24(32(27)38)25-18-22(12-14-28(25)36)33(41)40(7)45(42,43)20-21-16-30(39-31(17-21)35(4,5)6)26-19-23(44-8)13-15-29(26)37/h9-19H,20H2,1-8H3. The average Bonchev–Trinajstić information content (AvgIpc) is 2.95. The first-order valence-electron chi connectivity index (χ1n) is 14.3. The third-order valence-corrected chi connectivity index (χ3v) is 9.82. The second-order valence-electron chi connectivity index (χ2n) is 13.0. The lowest BCUT2D eigenvalue weighted by molar-refractivity contribution is 0.0883. The molecule has 238 valence electrons. The van der Waals surface area contributed by atoms with Gasteiger partial charge >= 0.3 is 0 Å². The van der Waals surface area contributed by atoms with Gasteiger partial charge in [0.25, 0.3) is 5.91 Å². The summed E-state index contributed by atoms with van der Waals surface area (Å²) in [4.78, 5) is 18.4. The third-order valence-electron chi connectivity index (χ3n) is 7.47. The minimum absolute atomic E-state index is 0.0509. The molecule has 1 amide bonds. The molecular formula is C35H37Cl2FN2O4S. The van der Waals surface area contributed by atoms with Gasteiger partial charge in [0.15, 0.2) is 0 Å². The topological polar surface area (TPSA) is 76.6 Å². The highest BCUT2D eigenvalue weighted by Gasteiger charge is 2.28. The van der Waals surface area contributed by atoms with Crippen LogP contribution in [0.25, 0.3) is 22.4 Å². The van der Waals surface area contributed by atoms with Crippen LogP contribution in [0.1, 0.15) is 68.7 Å². The number of nitrogens with zero attached hydrogens (tertiary/aromatic N) is 2. The summed E-state index contributed by atoms with van der Waals surface area (Å²) in [5, 5.41) is 0.663. The van der Waals surface area contributed by atoms with E-state index in [-0.39, 0.29) is 16.1 Å². The van der Waals surface area contributed by atoms with Crippen LogP contribution in [-0.4, -0.2) is 37.8 Å². The summed E-state index contributed by atoms with van der Waals surface area (Å²) in [6.45, 7) is 11.6. The molecule has 0 atom stereocenters. The number of hydrogen-bond acceptors (Lipinski definition) is 5. The quantitative estimate of drug-likeness (QED) is 0.196. The Hall–Kier alpha value is -3.46. The van der Waals surface area contributed by atoms with Crippen molar-refractivity contribution >= 4 is 39.1 Å². The number of carbonyl (C=O) groups excluding carboxylic acids is 1. The van der Waals surface area contributed by atoms with Gasteiger partial charge in [-0.3, -0.25) is 9.78 Å². The van der Waals surface area contributed by atoms with Crippen LogP contribution in [0.5, 0.6) is 5.75 Å². The van der Waals surface area contributed by atoms with Gasteiger partial charge < -0.3 is 4.74 Å². The SMILES string of the molecule is COc1ccc(Cl)c(-c2cc(CS(=O)(=O)N(C)C(=O)c3ccc(Cl)c(-c4cccc(C(C)(C)C)c4F)c3)cc(C(C)(C)C)n2)c1. The predicted molar refractivity (Wildman–Crippen MR) is 180 cm³/mol. The highest BCUT2D eigenvalue weighted by Crippen LogP contribution is 2.37. The maximum Gasteiger partial charge on any atom is 0.267 e. The molecule has 1 heterocycles. The Bertz CT molecular complexity index is 1880. The Kier molecular flexibility index (Phi) is 9.74. The fourth-order valence-electron chi connectivity index (χ4n) is 4.82. The van der Waals surface area contributed by atoms with Gasteiger partial charge in [-0.25, -0.2) is 17.1 Å². The highest BCUT2D eigenvalue weighted by molar-refractivity contribution is 7.88. The molecule has 6 nitrogen and oxygen atoms in total. The summed E-state index contributed by atoms with van der Waals surface area (Å²) < 4.78 is 49.0. The van der Waals surface area contributed by atoms with Gasteiger partial charge in [0.2, 0.25) is 10.0 Å². The van der Waals surface area contributed by atoms with Crippen LogP contribution in [0.4, 0.5) is 4.39 Å². The first-order valence-corrected chi connectivity index (χ1v) is 16.6. The lowest BCUT2D eigenvalue weighted by Crippen LogP contribution is -2.34. The number of pyridine rings is 1. The Morgan fingerprint density at radius 3 is 2.13 bits per heavy atom. The molecule has 0 aliphatic heterocycles. The Morgan fingerprint density at radius 1 is 0.867 bits per heavy atom. The number of rotatable bonds is 7. The molecule has 0 unspecified atom stereocenters. The monoisotopic (exact) mass is 670 g/mol. The van der Waals surface area contributed by atoms with Crippen molar-refractivity contribution in [2.75, 3.05) is 14.2 Å². The maximum atomic E-state index is 15.6. The highest BCUT2D eigenvalue weighted by atomic mass is 35.5. The van der Waals surface area contributed by atoms with Gasteiger partial charge in [0.1, 0.15) is 11.6 Å². The Labute approximate surface area is 275 Å². The molecule has 45 heavy (non-hydrogen) atoms.